The van der Waals surface area contributed by atoms with Gasteiger partial charge in [-0.05, 0) is 38.5 Å². The van der Waals surface area contributed by atoms with Crippen molar-refractivity contribution in [2.45, 2.75) is 64.8 Å². The van der Waals surface area contributed by atoms with E-state index in [1.165, 1.54) is 19.3 Å². The number of carbonyl (C=O) groups is 1. The van der Waals surface area contributed by atoms with Gasteiger partial charge in [-0.1, -0.05) is 6.42 Å². The number of guanidine groups is 1. The summed E-state index contributed by atoms with van der Waals surface area (Å²) < 4.78 is 2.31. The number of aromatic nitrogens is 3. The van der Waals surface area contributed by atoms with Gasteiger partial charge < -0.3 is 20.1 Å². The van der Waals surface area contributed by atoms with E-state index in [1.54, 1.807) is 7.05 Å². The van der Waals surface area contributed by atoms with Crippen molar-refractivity contribution in [1.29, 1.82) is 0 Å². The Morgan fingerprint density at radius 3 is 2.75 bits per heavy atom. The summed E-state index contributed by atoms with van der Waals surface area (Å²) >= 11 is 0. The average molecular weight is 390 g/mol. The second-order valence-electron chi connectivity index (χ2n) is 7.79. The van der Waals surface area contributed by atoms with Crippen molar-refractivity contribution in [2.75, 3.05) is 33.2 Å². The Hall–Kier alpha value is -2.12. The van der Waals surface area contributed by atoms with Gasteiger partial charge in [-0.25, -0.2) is 0 Å². The predicted molar refractivity (Wildman–Crippen MR) is 110 cm³/mol. The van der Waals surface area contributed by atoms with E-state index in [0.717, 1.165) is 76.0 Å². The summed E-state index contributed by atoms with van der Waals surface area (Å²) in [6.07, 6.45) is 8.30. The van der Waals surface area contributed by atoms with Crippen molar-refractivity contribution in [3.63, 3.8) is 0 Å². The molecule has 2 aliphatic heterocycles. The summed E-state index contributed by atoms with van der Waals surface area (Å²) in [5, 5.41) is 15.0. The van der Waals surface area contributed by atoms with Crippen molar-refractivity contribution in [1.82, 2.24) is 30.3 Å². The molecule has 28 heavy (non-hydrogen) atoms. The zero-order valence-corrected chi connectivity index (χ0v) is 17.4. The molecule has 8 heteroatoms. The van der Waals surface area contributed by atoms with Gasteiger partial charge in [0.1, 0.15) is 11.6 Å². The van der Waals surface area contributed by atoms with E-state index >= 15 is 0 Å². The van der Waals surface area contributed by atoms with Gasteiger partial charge in [0.15, 0.2) is 5.96 Å². The summed E-state index contributed by atoms with van der Waals surface area (Å²) in [6, 6.07) is 0. The van der Waals surface area contributed by atoms with Gasteiger partial charge in [0.25, 0.3) is 0 Å². The van der Waals surface area contributed by atoms with Crippen LogP contribution in [0.3, 0.4) is 0 Å². The number of carbonyl (C=O) groups excluding carboxylic acids is 1. The highest BCUT2D eigenvalue weighted by atomic mass is 16.1. The number of nitrogens with zero attached hydrogens (tertiary/aromatic N) is 5. The topological polar surface area (TPSA) is 87.4 Å². The first kappa shape index (κ1) is 20.6. The van der Waals surface area contributed by atoms with Crippen LogP contribution in [0.4, 0.5) is 0 Å². The number of rotatable bonds is 6. The second-order valence-corrected chi connectivity index (χ2v) is 7.79. The van der Waals surface area contributed by atoms with E-state index in [-0.39, 0.29) is 5.91 Å². The number of hydrogen-bond acceptors (Lipinski definition) is 4. The fourth-order valence-electron chi connectivity index (χ4n) is 4.13. The van der Waals surface area contributed by atoms with Gasteiger partial charge >= 0.3 is 0 Å². The molecule has 0 bridgehead atoms. The summed E-state index contributed by atoms with van der Waals surface area (Å²) in [5.41, 5.74) is 0. The van der Waals surface area contributed by atoms with Gasteiger partial charge in [0.2, 0.25) is 5.91 Å². The fraction of sp³-hybridized carbons (Fsp3) is 0.800. The molecule has 0 spiro atoms. The quantitative estimate of drug-likeness (QED) is 0.567. The molecule has 1 saturated heterocycles. The molecule has 0 atom stereocenters. The van der Waals surface area contributed by atoms with Crippen molar-refractivity contribution >= 4 is 11.9 Å². The molecule has 3 rings (SSSR count). The summed E-state index contributed by atoms with van der Waals surface area (Å²) in [5.74, 6) is 3.82. The number of aryl methyl sites for hydroxylation is 1. The minimum absolute atomic E-state index is 0.145. The molecular weight excluding hydrogens is 354 g/mol. The van der Waals surface area contributed by atoms with Gasteiger partial charge in [-0.15, -0.1) is 10.2 Å². The lowest BCUT2D eigenvalue weighted by Gasteiger charge is -2.34. The monoisotopic (exact) mass is 389 g/mol. The minimum Gasteiger partial charge on any atom is -0.359 e. The second kappa shape index (κ2) is 10.4. The Kier molecular flexibility index (Phi) is 7.68. The molecule has 1 aromatic rings. The van der Waals surface area contributed by atoms with E-state index in [4.69, 9.17) is 4.99 Å². The number of amides is 1. The Morgan fingerprint density at radius 1 is 1.18 bits per heavy atom. The molecule has 2 aliphatic rings. The molecule has 0 radical (unpaired) electrons. The van der Waals surface area contributed by atoms with E-state index in [0.29, 0.717) is 12.3 Å². The first-order valence-corrected chi connectivity index (χ1v) is 10.9. The largest absolute Gasteiger partial charge is 0.359 e. The maximum atomic E-state index is 11.6. The highest BCUT2D eigenvalue weighted by Gasteiger charge is 2.23. The molecule has 3 heterocycles. The molecular formula is C20H35N7O. The Labute approximate surface area is 168 Å². The van der Waals surface area contributed by atoms with Crippen LogP contribution in [-0.2, 0) is 24.2 Å². The molecule has 156 valence electrons. The fourth-order valence-corrected chi connectivity index (χ4v) is 4.13. The Balaban J connectivity index is 1.54. The van der Waals surface area contributed by atoms with Crippen LogP contribution in [0, 0.1) is 5.92 Å². The van der Waals surface area contributed by atoms with Gasteiger partial charge in [0, 0.05) is 59.0 Å². The lowest BCUT2D eigenvalue weighted by molar-refractivity contribution is -0.121. The van der Waals surface area contributed by atoms with Crippen molar-refractivity contribution in [3.8, 4) is 0 Å². The van der Waals surface area contributed by atoms with Crippen molar-refractivity contribution < 1.29 is 4.79 Å². The van der Waals surface area contributed by atoms with E-state index in [9.17, 15) is 4.79 Å². The van der Waals surface area contributed by atoms with Crippen LogP contribution in [0.2, 0.25) is 0 Å². The van der Waals surface area contributed by atoms with Crippen LogP contribution in [0.15, 0.2) is 4.99 Å². The molecule has 8 nitrogen and oxygen atoms in total. The van der Waals surface area contributed by atoms with Crippen molar-refractivity contribution in [3.05, 3.63) is 11.6 Å². The van der Waals surface area contributed by atoms with Crippen LogP contribution in [0.1, 0.15) is 57.1 Å². The third-order valence-electron chi connectivity index (χ3n) is 5.78. The SMILES string of the molecule is CCNC(=NCCc1nnc2n1CCCCC2)N1CCC(CC(=O)NC)CC1. The average Bonchev–Trinajstić information content (AvgIpc) is 2.94. The van der Waals surface area contributed by atoms with Gasteiger partial charge in [0.05, 0.1) is 0 Å². The molecule has 1 fully saturated rings. The number of piperidine rings is 1. The highest BCUT2D eigenvalue weighted by molar-refractivity contribution is 5.80. The first-order valence-electron chi connectivity index (χ1n) is 10.9. The summed E-state index contributed by atoms with van der Waals surface area (Å²) in [6.45, 7) is 6.63. The minimum atomic E-state index is 0.145. The first-order chi connectivity index (χ1) is 13.7. The van der Waals surface area contributed by atoms with E-state index in [1.807, 2.05) is 0 Å². The molecule has 0 unspecified atom stereocenters. The molecule has 1 amide bonds. The number of aliphatic imine (C=N–C) groups is 1. The highest BCUT2D eigenvalue weighted by Crippen LogP contribution is 2.20. The molecule has 2 N–H and O–H groups in total. The van der Waals surface area contributed by atoms with Crippen LogP contribution in [0.5, 0.6) is 0 Å². The van der Waals surface area contributed by atoms with Gasteiger partial charge in [-0.2, -0.15) is 0 Å². The maximum Gasteiger partial charge on any atom is 0.220 e. The Morgan fingerprint density at radius 2 is 2.00 bits per heavy atom. The van der Waals surface area contributed by atoms with Gasteiger partial charge in [-0.3, -0.25) is 9.79 Å². The number of nitrogens with one attached hydrogen (secondary N) is 2. The lowest BCUT2D eigenvalue weighted by atomic mass is 9.93. The van der Waals surface area contributed by atoms with E-state index < -0.39 is 0 Å². The standard InChI is InChI=1S/C20H35N7O/c1-3-22-20(26-13-9-16(10-14-26)15-19(28)21-2)23-11-8-18-25-24-17-7-5-4-6-12-27(17)18/h16H,3-15H2,1-2H3,(H,21,28)(H,22,23). The van der Waals surface area contributed by atoms with Crippen LogP contribution < -0.4 is 10.6 Å². The molecule has 0 saturated carbocycles. The summed E-state index contributed by atoms with van der Waals surface area (Å²) in [4.78, 5) is 18.8. The maximum absolute atomic E-state index is 11.6. The lowest BCUT2D eigenvalue weighted by Crippen LogP contribution is -2.46. The third-order valence-corrected chi connectivity index (χ3v) is 5.78. The number of fused-ring (bicyclic) bond motifs is 1. The molecule has 0 aromatic carbocycles. The zero-order valence-electron chi connectivity index (χ0n) is 17.4. The molecule has 1 aromatic heterocycles. The normalized spacial score (nSPS) is 18.5. The number of likely N-dealkylation sites (tertiary alicyclic amines) is 1. The van der Waals surface area contributed by atoms with E-state index in [2.05, 4.69) is 37.2 Å². The Bertz CT molecular complexity index is 662. The zero-order chi connectivity index (χ0) is 19.8. The predicted octanol–water partition coefficient (Wildman–Crippen LogP) is 1.36. The summed E-state index contributed by atoms with van der Waals surface area (Å²) in [7, 11) is 1.71. The number of hydrogen-bond donors (Lipinski definition) is 2. The third kappa shape index (κ3) is 5.45. The molecule has 0 aliphatic carbocycles. The smallest absolute Gasteiger partial charge is 0.220 e. The van der Waals surface area contributed by atoms with Crippen molar-refractivity contribution in [2.24, 2.45) is 10.9 Å². The van der Waals surface area contributed by atoms with Crippen LogP contribution in [0.25, 0.3) is 0 Å². The van der Waals surface area contributed by atoms with Crippen LogP contribution >= 0.6 is 0 Å². The van der Waals surface area contributed by atoms with Crippen LogP contribution in [-0.4, -0.2) is 64.8 Å².